The molecule has 0 fully saturated rings. The third-order valence-electron chi connectivity index (χ3n) is 1.13. The van der Waals surface area contributed by atoms with E-state index in [1.807, 2.05) is 0 Å². The first kappa shape index (κ1) is 10.6. The van der Waals surface area contributed by atoms with Crippen molar-refractivity contribution in [1.82, 2.24) is 0 Å². The van der Waals surface area contributed by atoms with Gasteiger partial charge in [-0.15, -0.1) is 24.7 Å². The van der Waals surface area contributed by atoms with Gasteiger partial charge >= 0.3 is 0 Å². The number of terminal acetylenes is 2. The third-order valence-corrected chi connectivity index (χ3v) is 1.13. The van der Waals surface area contributed by atoms with Gasteiger partial charge in [-0.2, -0.15) is 0 Å². The summed E-state index contributed by atoms with van der Waals surface area (Å²) in [6.07, 6.45) is 10.9. The zero-order valence-electron chi connectivity index (χ0n) is 6.88. The van der Waals surface area contributed by atoms with Crippen LogP contribution in [-0.2, 0) is 0 Å². The van der Waals surface area contributed by atoms with Crippen molar-refractivity contribution in [3.05, 3.63) is 0 Å². The lowest BCUT2D eigenvalue weighted by Crippen LogP contribution is -2.20. The van der Waals surface area contributed by atoms with E-state index in [1.165, 1.54) is 0 Å². The first-order valence-corrected chi connectivity index (χ1v) is 3.59. The molecule has 2 heteroatoms. The second kappa shape index (κ2) is 6.32. The molecular formula is C10H12N2. The van der Waals surface area contributed by atoms with Gasteiger partial charge in [0.2, 0.25) is 0 Å². The number of hydrogen-bond donors (Lipinski definition) is 2. The molecule has 0 aliphatic heterocycles. The van der Waals surface area contributed by atoms with E-state index in [0.717, 1.165) is 0 Å². The summed E-state index contributed by atoms with van der Waals surface area (Å²) in [5.74, 6) is 10.3. The van der Waals surface area contributed by atoms with Gasteiger partial charge in [-0.3, -0.25) is 0 Å². The van der Waals surface area contributed by atoms with Crippen molar-refractivity contribution in [2.75, 3.05) is 0 Å². The Labute approximate surface area is 73.7 Å². The minimum absolute atomic E-state index is 0.293. The van der Waals surface area contributed by atoms with Gasteiger partial charge in [0.25, 0.3) is 0 Å². The molecule has 0 spiro atoms. The van der Waals surface area contributed by atoms with Gasteiger partial charge in [0.05, 0.1) is 12.1 Å². The van der Waals surface area contributed by atoms with Gasteiger partial charge < -0.3 is 11.5 Å². The molecular weight excluding hydrogens is 148 g/mol. The van der Waals surface area contributed by atoms with Gasteiger partial charge in [0.15, 0.2) is 0 Å². The summed E-state index contributed by atoms with van der Waals surface area (Å²) in [4.78, 5) is 0. The standard InChI is InChI=1S/C10H12N2/c1-3-5-9(11)7-8-10(12)6-4-2/h1-2,9-10H,5-6,11-12H2. The highest BCUT2D eigenvalue weighted by atomic mass is 14.6. The highest BCUT2D eigenvalue weighted by Crippen LogP contribution is 1.85. The van der Waals surface area contributed by atoms with Crippen LogP contribution >= 0.6 is 0 Å². The molecule has 2 atom stereocenters. The zero-order chi connectivity index (χ0) is 9.40. The van der Waals surface area contributed by atoms with Crippen molar-refractivity contribution in [3.8, 4) is 36.5 Å². The van der Waals surface area contributed by atoms with Crippen LogP contribution < -0.4 is 11.5 Å². The Morgan fingerprint density at radius 3 is 1.50 bits per heavy atom. The SMILES string of the molecule is C#CCC(N)C#CC(N)CC#C. The fraction of sp³-hybridized carbons (Fsp3) is 0.400. The van der Waals surface area contributed by atoms with E-state index in [-0.39, 0.29) is 12.1 Å². The summed E-state index contributed by atoms with van der Waals surface area (Å²) >= 11 is 0. The van der Waals surface area contributed by atoms with Gasteiger partial charge in [0, 0.05) is 12.8 Å². The van der Waals surface area contributed by atoms with Gasteiger partial charge in [-0.1, -0.05) is 11.8 Å². The molecule has 0 aromatic carbocycles. The molecule has 0 saturated heterocycles. The van der Waals surface area contributed by atoms with Crippen molar-refractivity contribution in [3.63, 3.8) is 0 Å². The molecule has 2 nitrogen and oxygen atoms in total. The van der Waals surface area contributed by atoms with Crippen LogP contribution in [-0.4, -0.2) is 12.1 Å². The minimum atomic E-state index is -0.293. The monoisotopic (exact) mass is 160 g/mol. The Hall–Kier alpha value is -1.40. The number of nitrogens with two attached hydrogens (primary N) is 2. The van der Waals surface area contributed by atoms with Crippen LogP contribution in [0.2, 0.25) is 0 Å². The van der Waals surface area contributed by atoms with E-state index in [2.05, 4.69) is 23.7 Å². The maximum absolute atomic E-state index is 5.51. The molecule has 0 aromatic rings. The first-order valence-electron chi connectivity index (χ1n) is 3.59. The van der Waals surface area contributed by atoms with E-state index in [4.69, 9.17) is 24.3 Å². The lowest BCUT2D eigenvalue weighted by Gasteiger charge is -1.98. The topological polar surface area (TPSA) is 52.0 Å². The molecule has 0 aliphatic rings. The molecule has 12 heavy (non-hydrogen) atoms. The molecule has 4 N–H and O–H groups in total. The molecule has 0 amide bonds. The average Bonchev–Trinajstić information content (AvgIpc) is 2.02. The van der Waals surface area contributed by atoms with E-state index in [0.29, 0.717) is 12.8 Å². The summed E-state index contributed by atoms with van der Waals surface area (Å²) in [5, 5.41) is 0. The number of rotatable bonds is 2. The molecule has 0 aromatic heterocycles. The quantitative estimate of drug-likeness (QED) is 0.544. The normalized spacial score (nSPS) is 13.0. The van der Waals surface area contributed by atoms with Crippen LogP contribution in [0.5, 0.6) is 0 Å². The Bertz CT molecular complexity index is 230. The Kier molecular flexibility index (Phi) is 5.58. The molecule has 2 unspecified atom stereocenters. The fourth-order valence-corrected chi connectivity index (χ4v) is 0.570. The van der Waals surface area contributed by atoms with Crippen LogP contribution in [0, 0.1) is 36.5 Å². The largest absolute Gasteiger partial charge is 0.317 e. The molecule has 62 valence electrons. The van der Waals surface area contributed by atoms with E-state index >= 15 is 0 Å². The summed E-state index contributed by atoms with van der Waals surface area (Å²) in [6, 6.07) is -0.586. The maximum Gasteiger partial charge on any atom is 0.0775 e. The van der Waals surface area contributed by atoms with Gasteiger partial charge in [0.1, 0.15) is 0 Å². The lowest BCUT2D eigenvalue weighted by atomic mass is 10.2. The van der Waals surface area contributed by atoms with E-state index in [1.54, 1.807) is 0 Å². The molecule has 0 aliphatic carbocycles. The predicted molar refractivity (Wildman–Crippen MR) is 50.6 cm³/mol. The highest BCUT2D eigenvalue weighted by molar-refractivity contribution is 5.16. The van der Waals surface area contributed by atoms with Crippen molar-refractivity contribution < 1.29 is 0 Å². The second-order valence-electron chi connectivity index (χ2n) is 2.32. The Morgan fingerprint density at radius 1 is 0.917 bits per heavy atom. The number of hydrogen-bond acceptors (Lipinski definition) is 2. The highest BCUT2D eigenvalue weighted by Gasteiger charge is 1.95. The minimum Gasteiger partial charge on any atom is -0.317 e. The summed E-state index contributed by atoms with van der Waals surface area (Å²) in [7, 11) is 0. The second-order valence-corrected chi connectivity index (χ2v) is 2.32. The Morgan fingerprint density at radius 2 is 1.25 bits per heavy atom. The molecule has 0 bridgehead atoms. The van der Waals surface area contributed by atoms with Crippen molar-refractivity contribution in [1.29, 1.82) is 0 Å². The maximum atomic E-state index is 5.51. The molecule has 0 saturated carbocycles. The van der Waals surface area contributed by atoms with E-state index in [9.17, 15) is 0 Å². The molecule has 0 heterocycles. The van der Waals surface area contributed by atoms with Crippen molar-refractivity contribution in [2.45, 2.75) is 24.9 Å². The van der Waals surface area contributed by atoms with Gasteiger partial charge in [-0.25, -0.2) is 0 Å². The molecule has 0 rings (SSSR count). The summed E-state index contributed by atoms with van der Waals surface area (Å²) in [6.45, 7) is 0. The van der Waals surface area contributed by atoms with Crippen LogP contribution in [0.3, 0.4) is 0 Å². The average molecular weight is 160 g/mol. The lowest BCUT2D eigenvalue weighted by molar-refractivity contribution is 0.853. The zero-order valence-corrected chi connectivity index (χ0v) is 6.88. The van der Waals surface area contributed by atoms with Crippen molar-refractivity contribution in [2.24, 2.45) is 11.5 Å². The predicted octanol–water partition coefficient (Wildman–Crippen LogP) is -0.309. The summed E-state index contributed by atoms with van der Waals surface area (Å²) in [5.41, 5.74) is 11.0. The van der Waals surface area contributed by atoms with Crippen molar-refractivity contribution >= 4 is 0 Å². The van der Waals surface area contributed by atoms with Crippen LogP contribution in [0.1, 0.15) is 12.8 Å². The molecule has 0 radical (unpaired) electrons. The summed E-state index contributed by atoms with van der Waals surface area (Å²) < 4.78 is 0. The van der Waals surface area contributed by atoms with Crippen LogP contribution in [0.4, 0.5) is 0 Å². The van der Waals surface area contributed by atoms with E-state index < -0.39 is 0 Å². The smallest absolute Gasteiger partial charge is 0.0775 e. The van der Waals surface area contributed by atoms with Crippen LogP contribution in [0.15, 0.2) is 0 Å². The van der Waals surface area contributed by atoms with Crippen LogP contribution in [0.25, 0.3) is 0 Å². The first-order chi connectivity index (χ1) is 5.70. The van der Waals surface area contributed by atoms with Gasteiger partial charge in [-0.05, 0) is 0 Å². The Balaban J connectivity index is 3.88. The third kappa shape index (κ3) is 5.39. The fourth-order valence-electron chi connectivity index (χ4n) is 0.570.